The van der Waals surface area contributed by atoms with Crippen LogP contribution in [0.5, 0.6) is 0 Å². The number of carbonyl (C=O) groups is 2. The van der Waals surface area contributed by atoms with E-state index in [2.05, 4.69) is 13.8 Å². The predicted molar refractivity (Wildman–Crippen MR) is 74.4 cm³/mol. The van der Waals surface area contributed by atoms with Gasteiger partial charge in [0.1, 0.15) is 11.7 Å². The van der Waals surface area contributed by atoms with Crippen LogP contribution < -0.4 is 0 Å². The number of rotatable bonds is 1. The summed E-state index contributed by atoms with van der Waals surface area (Å²) < 4.78 is 17.0. The Morgan fingerprint density at radius 3 is 2.52 bits per heavy atom. The largest absolute Gasteiger partial charge is 0.468 e. The van der Waals surface area contributed by atoms with E-state index in [0.29, 0.717) is 19.6 Å². The number of fused-ring (bicyclic) bond motifs is 3. The lowest BCUT2D eigenvalue weighted by atomic mass is 9.64. The first-order chi connectivity index (χ1) is 9.87. The van der Waals surface area contributed by atoms with E-state index < -0.39 is 17.7 Å². The number of hydrogen-bond acceptors (Lipinski definition) is 5. The molecule has 5 heteroatoms. The number of hydrogen-bond donors (Lipinski definition) is 0. The molecule has 2 saturated carbocycles. The summed E-state index contributed by atoms with van der Waals surface area (Å²) in [5.41, 5.74) is 0.0222. The number of esters is 1. The zero-order valence-corrected chi connectivity index (χ0v) is 13.0. The molecule has 0 aromatic carbocycles. The molecule has 0 amide bonds. The van der Waals surface area contributed by atoms with Gasteiger partial charge in [-0.1, -0.05) is 13.8 Å². The van der Waals surface area contributed by atoms with E-state index in [4.69, 9.17) is 14.2 Å². The molecule has 2 aliphatic carbocycles. The Labute approximate surface area is 125 Å². The Morgan fingerprint density at radius 1 is 1.24 bits per heavy atom. The van der Waals surface area contributed by atoms with E-state index in [0.717, 1.165) is 19.3 Å². The highest BCUT2D eigenvalue weighted by Gasteiger charge is 2.55. The van der Waals surface area contributed by atoms with E-state index in [9.17, 15) is 9.59 Å². The SMILES string of the molecule is COC(=O)C1CC2CC(CCC23OCC(C)(C)CO3)C1=O. The first kappa shape index (κ1) is 15.0. The van der Waals surface area contributed by atoms with Crippen LogP contribution in [0.3, 0.4) is 0 Å². The van der Waals surface area contributed by atoms with Crippen molar-refractivity contribution in [1.82, 2.24) is 0 Å². The third kappa shape index (κ3) is 2.50. The number of ketones is 1. The molecule has 3 atom stereocenters. The van der Waals surface area contributed by atoms with Gasteiger partial charge in [0.25, 0.3) is 0 Å². The summed E-state index contributed by atoms with van der Waals surface area (Å²) in [4.78, 5) is 24.2. The summed E-state index contributed by atoms with van der Waals surface area (Å²) >= 11 is 0. The molecule has 1 heterocycles. The van der Waals surface area contributed by atoms with Gasteiger partial charge in [0, 0.05) is 23.7 Å². The quantitative estimate of drug-likeness (QED) is 0.546. The van der Waals surface area contributed by atoms with Gasteiger partial charge in [0.2, 0.25) is 0 Å². The van der Waals surface area contributed by atoms with E-state index in [1.807, 2.05) is 0 Å². The summed E-state index contributed by atoms with van der Waals surface area (Å²) in [5, 5.41) is 0. The maximum Gasteiger partial charge on any atom is 0.316 e. The van der Waals surface area contributed by atoms with Crippen LogP contribution >= 0.6 is 0 Å². The molecule has 3 aliphatic rings. The molecule has 3 rings (SSSR count). The number of methoxy groups -OCH3 is 1. The number of ether oxygens (including phenoxy) is 3. The molecule has 0 aromatic heterocycles. The standard InChI is InChI=1S/C16H24O5/c1-15(2)8-20-16(21-9-15)5-4-10-6-11(16)7-12(13(10)17)14(18)19-3/h10-12H,4-9H2,1-3H3. The van der Waals surface area contributed by atoms with Crippen LogP contribution in [0, 0.1) is 23.2 Å². The van der Waals surface area contributed by atoms with Crippen LogP contribution in [0.15, 0.2) is 0 Å². The first-order valence-electron chi connectivity index (χ1n) is 7.76. The van der Waals surface area contributed by atoms with Gasteiger partial charge in [-0.2, -0.15) is 0 Å². The highest BCUT2D eigenvalue weighted by atomic mass is 16.7. The van der Waals surface area contributed by atoms with Crippen molar-refractivity contribution in [2.45, 2.75) is 45.3 Å². The highest BCUT2D eigenvalue weighted by Crippen LogP contribution is 2.50. The molecule has 3 fully saturated rings. The number of carbonyl (C=O) groups excluding carboxylic acids is 2. The van der Waals surface area contributed by atoms with Crippen LogP contribution in [0.2, 0.25) is 0 Å². The zero-order valence-electron chi connectivity index (χ0n) is 13.0. The third-order valence-electron chi connectivity index (χ3n) is 5.20. The zero-order chi connectivity index (χ0) is 15.3. The predicted octanol–water partition coefficient (Wildman–Crippen LogP) is 1.93. The molecule has 1 spiro atoms. The second-order valence-corrected chi connectivity index (χ2v) is 7.44. The average Bonchev–Trinajstić information content (AvgIpc) is 2.47. The van der Waals surface area contributed by atoms with Crippen LogP contribution in [0.1, 0.15) is 39.5 Å². The molecular weight excluding hydrogens is 272 g/mol. The molecule has 21 heavy (non-hydrogen) atoms. The highest BCUT2D eigenvalue weighted by molar-refractivity contribution is 6.00. The average molecular weight is 296 g/mol. The topological polar surface area (TPSA) is 61.8 Å². The second-order valence-electron chi connectivity index (χ2n) is 7.44. The van der Waals surface area contributed by atoms with Gasteiger partial charge in [-0.15, -0.1) is 0 Å². The molecule has 2 bridgehead atoms. The fourth-order valence-electron chi connectivity index (χ4n) is 3.89. The van der Waals surface area contributed by atoms with Gasteiger partial charge in [-0.3, -0.25) is 9.59 Å². The van der Waals surface area contributed by atoms with Crippen molar-refractivity contribution in [1.29, 1.82) is 0 Å². The minimum atomic E-state index is -0.641. The van der Waals surface area contributed by atoms with E-state index in [1.54, 1.807) is 0 Å². The van der Waals surface area contributed by atoms with E-state index in [1.165, 1.54) is 7.11 Å². The molecule has 0 aromatic rings. The number of Topliss-reactive ketones (excluding diaryl/α,β-unsaturated/α-hetero) is 1. The van der Waals surface area contributed by atoms with Gasteiger partial charge in [0.15, 0.2) is 5.79 Å². The van der Waals surface area contributed by atoms with Crippen molar-refractivity contribution < 1.29 is 23.8 Å². The third-order valence-corrected chi connectivity index (χ3v) is 5.20. The molecule has 0 N–H and O–H groups in total. The van der Waals surface area contributed by atoms with Crippen LogP contribution in [0.25, 0.3) is 0 Å². The lowest BCUT2D eigenvalue weighted by Crippen LogP contribution is -2.58. The minimum Gasteiger partial charge on any atom is -0.468 e. The van der Waals surface area contributed by atoms with Gasteiger partial charge >= 0.3 is 5.97 Å². The van der Waals surface area contributed by atoms with Crippen LogP contribution in [0.4, 0.5) is 0 Å². The van der Waals surface area contributed by atoms with Gasteiger partial charge in [0.05, 0.1) is 20.3 Å². The van der Waals surface area contributed by atoms with Gasteiger partial charge in [-0.25, -0.2) is 0 Å². The first-order valence-corrected chi connectivity index (χ1v) is 7.76. The second kappa shape index (κ2) is 5.06. The van der Waals surface area contributed by atoms with Crippen molar-refractivity contribution in [3.05, 3.63) is 0 Å². The lowest BCUT2D eigenvalue weighted by molar-refractivity contribution is -0.338. The molecular formula is C16H24O5. The maximum atomic E-state index is 12.3. The van der Waals surface area contributed by atoms with Crippen molar-refractivity contribution in [3.63, 3.8) is 0 Å². The molecule has 1 saturated heterocycles. The fourth-order valence-corrected chi connectivity index (χ4v) is 3.89. The lowest BCUT2D eigenvalue weighted by Gasteiger charge is -2.53. The molecule has 1 aliphatic heterocycles. The summed E-state index contributed by atoms with van der Waals surface area (Å²) in [7, 11) is 1.34. The molecule has 5 nitrogen and oxygen atoms in total. The van der Waals surface area contributed by atoms with Gasteiger partial charge in [-0.05, 0) is 19.3 Å². The molecule has 118 valence electrons. The monoisotopic (exact) mass is 296 g/mol. The smallest absolute Gasteiger partial charge is 0.316 e. The summed E-state index contributed by atoms with van der Waals surface area (Å²) in [6, 6.07) is 0. The minimum absolute atomic E-state index is 0.0222. The van der Waals surface area contributed by atoms with Crippen molar-refractivity contribution in [3.8, 4) is 0 Å². The Hall–Kier alpha value is -0.940. The summed E-state index contributed by atoms with van der Waals surface area (Å²) in [6.45, 7) is 5.55. The molecule has 3 unspecified atom stereocenters. The maximum absolute atomic E-state index is 12.3. The Balaban J connectivity index is 1.79. The Morgan fingerprint density at radius 2 is 1.90 bits per heavy atom. The Kier molecular flexibility index (Phi) is 3.61. The summed E-state index contributed by atoms with van der Waals surface area (Å²) in [5.74, 6) is -1.54. The molecule has 0 radical (unpaired) electrons. The van der Waals surface area contributed by atoms with Crippen LogP contribution in [-0.4, -0.2) is 37.9 Å². The van der Waals surface area contributed by atoms with Crippen molar-refractivity contribution in [2.24, 2.45) is 23.2 Å². The Bertz CT molecular complexity index is 446. The van der Waals surface area contributed by atoms with Crippen molar-refractivity contribution in [2.75, 3.05) is 20.3 Å². The summed E-state index contributed by atoms with van der Waals surface area (Å²) in [6.07, 6.45) is 2.75. The van der Waals surface area contributed by atoms with Crippen molar-refractivity contribution >= 4 is 11.8 Å². The van der Waals surface area contributed by atoms with E-state index in [-0.39, 0.29) is 23.0 Å². The van der Waals surface area contributed by atoms with E-state index >= 15 is 0 Å². The van der Waals surface area contributed by atoms with Gasteiger partial charge < -0.3 is 14.2 Å². The van der Waals surface area contributed by atoms with Crippen LogP contribution in [-0.2, 0) is 23.8 Å². The fraction of sp³-hybridized carbons (Fsp3) is 0.875. The normalized spacial score (nSPS) is 37.3.